The molecule has 1 aromatic carbocycles. The van der Waals surface area contributed by atoms with Gasteiger partial charge in [0.15, 0.2) is 0 Å². The van der Waals surface area contributed by atoms with Gasteiger partial charge in [0.25, 0.3) is 5.91 Å². The van der Waals surface area contributed by atoms with Gasteiger partial charge in [0.1, 0.15) is 11.4 Å². The van der Waals surface area contributed by atoms with Gasteiger partial charge in [-0.1, -0.05) is 12.1 Å². The molecule has 1 fully saturated rings. The summed E-state index contributed by atoms with van der Waals surface area (Å²) >= 11 is 5.17. The minimum Gasteiger partial charge on any atom is -0.497 e. The number of carbonyl (C=O) groups excluding carboxylic acids is 2. The van der Waals surface area contributed by atoms with Gasteiger partial charge in [-0.2, -0.15) is 0 Å². The molecule has 0 unspecified atom stereocenters. The fourth-order valence-electron chi connectivity index (χ4n) is 4.09. The molecule has 3 aromatic rings. The largest absolute Gasteiger partial charge is 0.497 e. The third-order valence-corrected chi connectivity index (χ3v) is 7.16. The molecular formula is C23H25BrN2O4S. The van der Waals surface area contributed by atoms with E-state index in [0.29, 0.717) is 31.9 Å². The van der Waals surface area contributed by atoms with E-state index in [1.807, 2.05) is 30.3 Å². The molecule has 1 saturated heterocycles. The van der Waals surface area contributed by atoms with E-state index in [4.69, 9.17) is 9.47 Å². The van der Waals surface area contributed by atoms with Crippen molar-refractivity contribution in [2.24, 2.45) is 5.92 Å². The molecule has 6 nitrogen and oxygen atoms in total. The van der Waals surface area contributed by atoms with Crippen LogP contribution in [0, 0.1) is 5.92 Å². The van der Waals surface area contributed by atoms with Crippen molar-refractivity contribution in [3.63, 3.8) is 0 Å². The van der Waals surface area contributed by atoms with Gasteiger partial charge in [0, 0.05) is 19.6 Å². The summed E-state index contributed by atoms with van der Waals surface area (Å²) in [5, 5.41) is 0. The van der Waals surface area contributed by atoms with Crippen LogP contribution < -0.4 is 4.74 Å². The Morgan fingerprint density at radius 2 is 2.10 bits per heavy atom. The Labute approximate surface area is 193 Å². The van der Waals surface area contributed by atoms with E-state index in [0.717, 1.165) is 38.2 Å². The van der Waals surface area contributed by atoms with Crippen molar-refractivity contribution in [2.75, 3.05) is 26.8 Å². The van der Waals surface area contributed by atoms with Crippen LogP contribution in [0.25, 0.3) is 10.2 Å². The number of methoxy groups -OCH3 is 1. The topological polar surface area (TPSA) is 60.8 Å². The highest BCUT2D eigenvalue weighted by Crippen LogP contribution is 2.34. The first-order valence-electron chi connectivity index (χ1n) is 10.4. The number of ether oxygens (including phenoxy) is 2. The lowest BCUT2D eigenvalue weighted by molar-refractivity contribution is -0.149. The van der Waals surface area contributed by atoms with Gasteiger partial charge in [-0.3, -0.25) is 9.59 Å². The second-order valence-corrected chi connectivity index (χ2v) is 10.1. The molecule has 164 valence electrons. The maximum absolute atomic E-state index is 13.5. The van der Waals surface area contributed by atoms with Crippen LogP contribution in [0.5, 0.6) is 5.75 Å². The van der Waals surface area contributed by atoms with Crippen LogP contribution in [0.1, 0.15) is 35.8 Å². The highest BCUT2D eigenvalue weighted by Gasteiger charge is 2.31. The average Bonchev–Trinajstić information content (AvgIpc) is 3.30. The Hall–Kier alpha value is -2.32. The first-order valence-corrected chi connectivity index (χ1v) is 12.0. The van der Waals surface area contributed by atoms with Crippen LogP contribution in [-0.4, -0.2) is 48.1 Å². The number of rotatable bonds is 6. The number of thiophene rings is 1. The summed E-state index contributed by atoms with van der Waals surface area (Å²) in [5.41, 5.74) is 2.71. The van der Waals surface area contributed by atoms with Crippen molar-refractivity contribution in [3.8, 4) is 5.75 Å². The van der Waals surface area contributed by atoms with Crippen molar-refractivity contribution in [2.45, 2.75) is 26.3 Å². The lowest BCUT2D eigenvalue weighted by atomic mass is 9.98. The van der Waals surface area contributed by atoms with Crippen LogP contribution in [0.3, 0.4) is 0 Å². The zero-order valence-electron chi connectivity index (χ0n) is 17.6. The third kappa shape index (κ3) is 4.65. The summed E-state index contributed by atoms with van der Waals surface area (Å²) in [7, 11) is 1.65. The Morgan fingerprint density at radius 3 is 2.87 bits per heavy atom. The van der Waals surface area contributed by atoms with Gasteiger partial charge in [-0.15, -0.1) is 11.3 Å². The zero-order chi connectivity index (χ0) is 22.0. The van der Waals surface area contributed by atoms with Crippen molar-refractivity contribution in [1.82, 2.24) is 9.47 Å². The molecule has 0 N–H and O–H groups in total. The molecule has 8 heteroatoms. The van der Waals surface area contributed by atoms with Crippen molar-refractivity contribution in [3.05, 3.63) is 51.4 Å². The molecular weight excluding hydrogens is 480 g/mol. The van der Waals surface area contributed by atoms with Crippen LogP contribution in [0.15, 0.2) is 40.2 Å². The summed E-state index contributed by atoms with van der Waals surface area (Å²) in [6, 6.07) is 11.9. The average molecular weight is 505 g/mol. The van der Waals surface area contributed by atoms with E-state index in [-0.39, 0.29) is 17.8 Å². The SMILES string of the molecule is CCOC(=O)[C@H]1CCCN(C(=O)c2cc3sc(Br)cc3n2Cc2cccc(OC)c2)C1. The van der Waals surface area contributed by atoms with E-state index in [9.17, 15) is 9.59 Å². The summed E-state index contributed by atoms with van der Waals surface area (Å²) in [5.74, 6) is 0.274. The van der Waals surface area contributed by atoms with Gasteiger partial charge in [-0.05, 0) is 65.5 Å². The fourth-order valence-corrected chi connectivity index (χ4v) is 5.65. The van der Waals surface area contributed by atoms with E-state index >= 15 is 0 Å². The predicted octanol–water partition coefficient (Wildman–Crippen LogP) is 4.94. The number of amides is 1. The standard InChI is InChI=1S/C23H25BrN2O4S/c1-3-30-23(28)16-7-5-9-25(14-16)22(27)19-11-20-18(12-21(24)31-20)26(19)13-15-6-4-8-17(10-15)29-2/h4,6,8,10-12,16H,3,5,7,9,13-14H2,1-2H3/t16-/m0/s1. The summed E-state index contributed by atoms with van der Waals surface area (Å²) < 4.78 is 14.7. The molecule has 0 spiro atoms. The Bertz CT molecular complexity index is 1110. The van der Waals surface area contributed by atoms with Crippen LogP contribution >= 0.6 is 27.3 Å². The third-order valence-electron chi connectivity index (χ3n) is 5.58. The van der Waals surface area contributed by atoms with Gasteiger partial charge in [0.2, 0.25) is 0 Å². The summed E-state index contributed by atoms with van der Waals surface area (Å²) in [4.78, 5) is 27.6. The molecule has 0 aliphatic carbocycles. The number of nitrogens with zero attached hydrogens (tertiary/aromatic N) is 2. The molecule has 0 radical (unpaired) electrons. The van der Waals surface area contributed by atoms with E-state index in [1.165, 1.54) is 0 Å². The van der Waals surface area contributed by atoms with E-state index in [1.54, 1.807) is 30.3 Å². The maximum Gasteiger partial charge on any atom is 0.310 e. The van der Waals surface area contributed by atoms with Crippen LogP contribution in [0.4, 0.5) is 0 Å². The number of aromatic nitrogens is 1. The van der Waals surface area contributed by atoms with Crippen molar-refractivity contribution in [1.29, 1.82) is 0 Å². The molecule has 1 atom stereocenters. The molecule has 3 heterocycles. The quantitative estimate of drug-likeness (QED) is 0.446. The van der Waals surface area contributed by atoms with Gasteiger partial charge >= 0.3 is 5.97 Å². The summed E-state index contributed by atoms with van der Waals surface area (Å²) in [6.45, 7) is 3.77. The molecule has 0 saturated carbocycles. The number of hydrogen-bond donors (Lipinski definition) is 0. The number of fused-ring (bicyclic) bond motifs is 1. The Morgan fingerprint density at radius 1 is 1.26 bits per heavy atom. The minimum absolute atomic E-state index is 0.0450. The van der Waals surface area contributed by atoms with E-state index in [2.05, 4.69) is 26.6 Å². The number of carbonyl (C=O) groups is 2. The first kappa shape index (κ1) is 21.9. The fraction of sp³-hybridized carbons (Fsp3) is 0.391. The zero-order valence-corrected chi connectivity index (χ0v) is 20.0. The number of likely N-dealkylation sites (tertiary alicyclic amines) is 1. The monoisotopic (exact) mass is 504 g/mol. The number of esters is 1. The molecule has 1 amide bonds. The number of hydrogen-bond acceptors (Lipinski definition) is 5. The van der Waals surface area contributed by atoms with Crippen molar-refractivity contribution < 1.29 is 19.1 Å². The molecule has 2 aromatic heterocycles. The molecule has 4 rings (SSSR count). The number of benzene rings is 1. The van der Waals surface area contributed by atoms with Gasteiger partial charge in [-0.25, -0.2) is 0 Å². The molecule has 31 heavy (non-hydrogen) atoms. The first-order chi connectivity index (χ1) is 15.0. The smallest absolute Gasteiger partial charge is 0.310 e. The molecule has 0 bridgehead atoms. The normalized spacial score (nSPS) is 16.5. The predicted molar refractivity (Wildman–Crippen MR) is 125 cm³/mol. The highest BCUT2D eigenvalue weighted by atomic mass is 79.9. The Kier molecular flexibility index (Phi) is 6.67. The van der Waals surface area contributed by atoms with Crippen molar-refractivity contribution >= 4 is 49.4 Å². The highest BCUT2D eigenvalue weighted by molar-refractivity contribution is 9.11. The lowest BCUT2D eigenvalue weighted by Crippen LogP contribution is -2.43. The molecule has 1 aliphatic heterocycles. The number of halogens is 1. The minimum atomic E-state index is -0.255. The Balaban J connectivity index is 1.65. The second kappa shape index (κ2) is 9.44. The second-order valence-electron chi connectivity index (χ2n) is 7.61. The van der Waals surface area contributed by atoms with E-state index < -0.39 is 0 Å². The summed E-state index contributed by atoms with van der Waals surface area (Å²) in [6.07, 6.45) is 1.56. The van der Waals surface area contributed by atoms with Gasteiger partial charge < -0.3 is 18.9 Å². The lowest BCUT2D eigenvalue weighted by Gasteiger charge is -2.31. The number of piperidine rings is 1. The van der Waals surface area contributed by atoms with Crippen LogP contribution in [0.2, 0.25) is 0 Å². The molecule has 1 aliphatic rings. The maximum atomic E-state index is 13.5. The van der Waals surface area contributed by atoms with Crippen LogP contribution in [-0.2, 0) is 16.1 Å². The van der Waals surface area contributed by atoms with Gasteiger partial charge in [0.05, 0.1) is 33.6 Å².